The summed E-state index contributed by atoms with van der Waals surface area (Å²) >= 11 is 0. The first-order valence-corrected chi connectivity index (χ1v) is 10.4. The zero-order chi connectivity index (χ0) is 20.2. The maximum absolute atomic E-state index is 6.08. The molecular weight excluding hydrogens is 352 g/mol. The predicted octanol–water partition coefficient (Wildman–Crippen LogP) is 2.65. The molecule has 158 valence electrons. The summed E-state index contributed by atoms with van der Waals surface area (Å²) in [5.74, 6) is 0.805. The van der Waals surface area contributed by atoms with Crippen molar-refractivity contribution in [2.24, 2.45) is 4.99 Å². The first kappa shape index (κ1) is 22.7. The van der Waals surface area contributed by atoms with Crippen LogP contribution in [0.4, 0.5) is 0 Å². The fourth-order valence-electron chi connectivity index (χ4n) is 3.19. The normalized spacial score (nSPS) is 16.9. The van der Waals surface area contributed by atoms with E-state index >= 15 is 0 Å². The highest BCUT2D eigenvalue weighted by Gasteiger charge is 2.19. The van der Waals surface area contributed by atoms with Crippen LogP contribution < -0.4 is 10.6 Å². The molecule has 2 N–H and O–H groups in total. The molecule has 1 heterocycles. The number of hydrogen-bond acceptors (Lipinski definition) is 4. The molecule has 0 bridgehead atoms. The molecule has 1 saturated heterocycles. The molecule has 0 amide bonds. The van der Waals surface area contributed by atoms with Crippen molar-refractivity contribution in [3.05, 3.63) is 35.9 Å². The Balaban J connectivity index is 1.53. The van der Waals surface area contributed by atoms with E-state index in [-0.39, 0.29) is 5.60 Å². The summed E-state index contributed by atoms with van der Waals surface area (Å²) in [5, 5.41) is 6.63. The van der Waals surface area contributed by atoms with E-state index in [1.807, 2.05) is 13.8 Å². The monoisotopic (exact) mass is 390 g/mol. The zero-order valence-electron chi connectivity index (χ0n) is 18.0. The number of nitrogens with zero attached hydrogens (tertiary/aromatic N) is 2. The van der Waals surface area contributed by atoms with Crippen molar-refractivity contribution in [1.29, 1.82) is 0 Å². The van der Waals surface area contributed by atoms with Crippen molar-refractivity contribution in [3.8, 4) is 0 Å². The van der Waals surface area contributed by atoms with E-state index in [1.54, 1.807) is 14.2 Å². The van der Waals surface area contributed by atoms with E-state index in [4.69, 9.17) is 9.47 Å². The lowest BCUT2D eigenvalue weighted by molar-refractivity contribution is 0.00530. The number of benzene rings is 1. The standard InChI is InChI=1S/C22H38N4O2/c1-22(2,27-4)18-25-21(23-3)24-13-8-16-28-20-11-14-26(15-12-20)17-19-9-6-5-7-10-19/h5-7,9-10,20H,8,11-18H2,1-4H3,(H2,23,24,25). The van der Waals surface area contributed by atoms with Crippen LogP contribution in [0.1, 0.15) is 38.7 Å². The summed E-state index contributed by atoms with van der Waals surface area (Å²) in [7, 11) is 3.51. The molecule has 28 heavy (non-hydrogen) atoms. The van der Waals surface area contributed by atoms with Gasteiger partial charge in [0.1, 0.15) is 0 Å². The molecular formula is C22H38N4O2. The minimum absolute atomic E-state index is 0.212. The van der Waals surface area contributed by atoms with Gasteiger partial charge in [0, 0.05) is 53.5 Å². The second-order valence-electron chi connectivity index (χ2n) is 8.00. The van der Waals surface area contributed by atoms with Crippen molar-refractivity contribution in [3.63, 3.8) is 0 Å². The van der Waals surface area contributed by atoms with Crippen LogP contribution in [0.5, 0.6) is 0 Å². The number of nitrogens with one attached hydrogen (secondary N) is 2. The van der Waals surface area contributed by atoms with Crippen molar-refractivity contribution >= 4 is 5.96 Å². The van der Waals surface area contributed by atoms with Gasteiger partial charge in [-0.05, 0) is 38.7 Å². The molecule has 0 atom stereocenters. The van der Waals surface area contributed by atoms with Crippen LogP contribution in [0.3, 0.4) is 0 Å². The van der Waals surface area contributed by atoms with Crippen molar-refractivity contribution in [1.82, 2.24) is 15.5 Å². The molecule has 0 radical (unpaired) electrons. The van der Waals surface area contributed by atoms with Gasteiger partial charge in [0.2, 0.25) is 0 Å². The van der Waals surface area contributed by atoms with Crippen LogP contribution >= 0.6 is 0 Å². The Morgan fingerprint density at radius 2 is 1.89 bits per heavy atom. The Morgan fingerprint density at radius 1 is 1.18 bits per heavy atom. The number of aliphatic imine (C=N–C) groups is 1. The second kappa shape index (κ2) is 12.0. The van der Waals surface area contributed by atoms with Gasteiger partial charge in [0.25, 0.3) is 0 Å². The number of methoxy groups -OCH3 is 1. The maximum atomic E-state index is 6.08. The maximum Gasteiger partial charge on any atom is 0.191 e. The summed E-state index contributed by atoms with van der Waals surface area (Å²) in [5.41, 5.74) is 1.18. The van der Waals surface area contributed by atoms with Gasteiger partial charge in [-0.25, -0.2) is 0 Å². The van der Waals surface area contributed by atoms with Crippen molar-refractivity contribution in [2.75, 3.05) is 46.9 Å². The van der Waals surface area contributed by atoms with Gasteiger partial charge in [-0.3, -0.25) is 9.89 Å². The van der Waals surface area contributed by atoms with Gasteiger partial charge in [-0.15, -0.1) is 0 Å². The Bertz CT molecular complexity index is 569. The Labute approximate surface area is 170 Å². The minimum Gasteiger partial charge on any atom is -0.378 e. The van der Waals surface area contributed by atoms with Gasteiger partial charge in [-0.1, -0.05) is 30.3 Å². The molecule has 0 spiro atoms. The highest BCUT2D eigenvalue weighted by Crippen LogP contribution is 2.16. The molecule has 0 aliphatic carbocycles. The number of ether oxygens (including phenoxy) is 2. The lowest BCUT2D eigenvalue weighted by Gasteiger charge is -2.32. The number of piperidine rings is 1. The van der Waals surface area contributed by atoms with E-state index in [0.29, 0.717) is 12.6 Å². The third-order valence-corrected chi connectivity index (χ3v) is 5.21. The molecule has 1 aromatic carbocycles. The fraction of sp³-hybridized carbons (Fsp3) is 0.682. The average molecular weight is 391 g/mol. The quantitative estimate of drug-likeness (QED) is 0.365. The van der Waals surface area contributed by atoms with Crippen LogP contribution in [0, 0.1) is 0 Å². The lowest BCUT2D eigenvalue weighted by Crippen LogP contribution is -2.45. The van der Waals surface area contributed by atoms with Crippen LogP contribution in [-0.2, 0) is 16.0 Å². The molecule has 1 aliphatic rings. The summed E-state index contributed by atoms with van der Waals surface area (Å²) in [6.45, 7) is 9.72. The first-order chi connectivity index (χ1) is 13.5. The van der Waals surface area contributed by atoms with E-state index < -0.39 is 0 Å². The fourth-order valence-corrected chi connectivity index (χ4v) is 3.19. The van der Waals surface area contributed by atoms with Crippen molar-refractivity contribution < 1.29 is 9.47 Å². The van der Waals surface area contributed by atoms with E-state index in [1.165, 1.54) is 5.56 Å². The van der Waals surface area contributed by atoms with Crippen LogP contribution in [0.15, 0.2) is 35.3 Å². The molecule has 6 nitrogen and oxygen atoms in total. The van der Waals surface area contributed by atoms with Gasteiger partial charge in [-0.2, -0.15) is 0 Å². The SMILES string of the molecule is CN=C(NCCCOC1CCN(Cc2ccccc2)CC1)NCC(C)(C)OC. The zero-order valence-corrected chi connectivity index (χ0v) is 18.0. The average Bonchev–Trinajstić information content (AvgIpc) is 2.72. The number of likely N-dealkylation sites (tertiary alicyclic amines) is 1. The topological polar surface area (TPSA) is 58.1 Å². The Kier molecular flexibility index (Phi) is 9.75. The molecule has 0 unspecified atom stereocenters. The third-order valence-electron chi connectivity index (χ3n) is 5.21. The van der Waals surface area contributed by atoms with Crippen molar-refractivity contribution in [2.45, 2.75) is 51.4 Å². The molecule has 1 aromatic rings. The number of hydrogen-bond donors (Lipinski definition) is 2. The Hall–Kier alpha value is -1.63. The number of rotatable bonds is 10. The molecule has 2 rings (SSSR count). The second-order valence-corrected chi connectivity index (χ2v) is 8.00. The van der Waals surface area contributed by atoms with Crippen LogP contribution in [0.2, 0.25) is 0 Å². The van der Waals surface area contributed by atoms with Gasteiger partial charge >= 0.3 is 0 Å². The van der Waals surface area contributed by atoms with Gasteiger partial charge in [0.15, 0.2) is 5.96 Å². The molecule has 0 saturated carbocycles. The van der Waals surface area contributed by atoms with E-state index in [0.717, 1.165) is 58.0 Å². The number of guanidine groups is 1. The van der Waals surface area contributed by atoms with E-state index in [9.17, 15) is 0 Å². The lowest BCUT2D eigenvalue weighted by atomic mass is 10.1. The summed E-state index contributed by atoms with van der Waals surface area (Å²) in [6.07, 6.45) is 3.61. The highest BCUT2D eigenvalue weighted by molar-refractivity contribution is 5.79. The third kappa shape index (κ3) is 8.59. The van der Waals surface area contributed by atoms with Gasteiger partial charge in [0.05, 0.1) is 11.7 Å². The Morgan fingerprint density at radius 3 is 2.54 bits per heavy atom. The molecule has 0 aromatic heterocycles. The highest BCUT2D eigenvalue weighted by atomic mass is 16.5. The molecule has 1 aliphatic heterocycles. The summed E-state index contributed by atoms with van der Waals surface area (Å²) in [6, 6.07) is 10.7. The summed E-state index contributed by atoms with van der Waals surface area (Å²) < 4.78 is 11.5. The molecule has 6 heteroatoms. The molecule has 1 fully saturated rings. The smallest absolute Gasteiger partial charge is 0.191 e. The largest absolute Gasteiger partial charge is 0.378 e. The van der Waals surface area contributed by atoms with Crippen LogP contribution in [-0.4, -0.2) is 69.5 Å². The van der Waals surface area contributed by atoms with Gasteiger partial charge < -0.3 is 20.1 Å². The van der Waals surface area contributed by atoms with E-state index in [2.05, 4.69) is 50.9 Å². The predicted molar refractivity (Wildman–Crippen MR) is 116 cm³/mol. The minimum atomic E-state index is -0.212. The van der Waals surface area contributed by atoms with Crippen LogP contribution in [0.25, 0.3) is 0 Å². The first-order valence-electron chi connectivity index (χ1n) is 10.4. The summed E-state index contributed by atoms with van der Waals surface area (Å²) in [4.78, 5) is 6.77.